The fraction of sp³-hybridized carbons (Fsp3) is 0.385. The van der Waals surface area contributed by atoms with Crippen molar-refractivity contribution in [2.24, 2.45) is 5.16 Å². The second-order valence-electron chi connectivity index (χ2n) is 4.82. The number of nitrogens with zero attached hydrogens (tertiary/aromatic N) is 1. The van der Waals surface area contributed by atoms with Crippen molar-refractivity contribution >= 4 is 18.4 Å². The largest absolute Gasteiger partial charge is 0.457 e. The van der Waals surface area contributed by atoms with Crippen LogP contribution in [-0.2, 0) is 14.4 Å². The Morgan fingerprint density at radius 3 is 2.61 bits per heavy atom. The van der Waals surface area contributed by atoms with Crippen LogP contribution in [0.4, 0.5) is 5.69 Å². The number of nitrogens with two attached hydrogens (primary N) is 1. The number of nitrogen functional groups attached to an aromatic ring is 1. The van der Waals surface area contributed by atoms with Crippen molar-refractivity contribution in [3.63, 3.8) is 0 Å². The summed E-state index contributed by atoms with van der Waals surface area (Å²) in [4.78, 5) is 17.0. The molecule has 0 saturated carbocycles. The van der Waals surface area contributed by atoms with E-state index in [2.05, 4.69) is 11.9 Å². The summed E-state index contributed by atoms with van der Waals surface area (Å²) in [6.45, 7) is 8.56. The Bertz CT molecular complexity index is 438. The van der Waals surface area contributed by atoms with E-state index in [1.165, 1.54) is 0 Å². The molecule has 1 atom stereocenters. The Morgan fingerprint density at radius 1 is 1.44 bits per heavy atom. The van der Waals surface area contributed by atoms with Gasteiger partial charge in [0, 0.05) is 18.0 Å². The van der Waals surface area contributed by atoms with Gasteiger partial charge in [-0.1, -0.05) is 12.1 Å². The fourth-order valence-electron chi connectivity index (χ4n) is 1.39. The first-order valence-electron chi connectivity index (χ1n) is 5.53. The number of carbonyl (C=O) groups is 1. The maximum absolute atomic E-state index is 12.0. The molecule has 0 radical (unpaired) electrons. The van der Waals surface area contributed by atoms with Gasteiger partial charge in [0.2, 0.25) is 6.10 Å². The Balaban J connectivity index is 2.95. The van der Waals surface area contributed by atoms with Crippen LogP contribution in [0.15, 0.2) is 29.4 Å². The van der Waals surface area contributed by atoms with E-state index in [9.17, 15) is 4.79 Å². The average molecular weight is 250 g/mol. The lowest BCUT2D eigenvalue weighted by molar-refractivity contribution is -0.169. The lowest BCUT2D eigenvalue weighted by atomic mass is 10.1. The molecule has 0 aliphatic rings. The summed E-state index contributed by atoms with van der Waals surface area (Å²) in [5.74, 6) is -0.527. The highest BCUT2D eigenvalue weighted by Gasteiger charge is 2.28. The van der Waals surface area contributed by atoms with E-state index in [0.717, 1.165) is 0 Å². The molecule has 1 aromatic rings. The predicted octanol–water partition coefficient (Wildman–Crippen LogP) is 2.28. The van der Waals surface area contributed by atoms with Gasteiger partial charge in [0.15, 0.2) is 0 Å². The van der Waals surface area contributed by atoms with Gasteiger partial charge in [-0.25, -0.2) is 4.79 Å². The zero-order valence-corrected chi connectivity index (χ0v) is 10.8. The van der Waals surface area contributed by atoms with Crippen LogP contribution in [-0.4, -0.2) is 18.3 Å². The van der Waals surface area contributed by atoms with Crippen molar-refractivity contribution in [3.8, 4) is 0 Å². The minimum atomic E-state index is -0.953. The molecule has 0 heterocycles. The van der Waals surface area contributed by atoms with E-state index in [-0.39, 0.29) is 0 Å². The summed E-state index contributed by atoms with van der Waals surface area (Å²) in [6, 6.07) is 6.81. The van der Waals surface area contributed by atoms with E-state index in [4.69, 9.17) is 15.3 Å². The van der Waals surface area contributed by atoms with Crippen LogP contribution in [0.2, 0.25) is 0 Å². The van der Waals surface area contributed by atoms with Crippen molar-refractivity contribution in [1.29, 1.82) is 0 Å². The van der Waals surface area contributed by atoms with Crippen LogP contribution in [0, 0.1) is 0 Å². The van der Waals surface area contributed by atoms with Crippen LogP contribution in [0.5, 0.6) is 0 Å². The second kappa shape index (κ2) is 5.53. The molecule has 5 heteroatoms. The van der Waals surface area contributed by atoms with Gasteiger partial charge in [0.05, 0.1) is 0 Å². The number of oxime groups is 1. The number of hydrogen-bond donors (Lipinski definition) is 1. The third kappa shape index (κ3) is 4.08. The molecule has 1 unspecified atom stereocenters. The standard InChI is InChI=1S/C13H18N2O3/c1-13(2,3)17-12(16)11(18-15-4)9-6-5-7-10(14)8-9/h5-8,11H,4,14H2,1-3H3. The lowest BCUT2D eigenvalue weighted by Crippen LogP contribution is -2.28. The fourth-order valence-corrected chi connectivity index (χ4v) is 1.39. The number of carbonyl (C=O) groups excluding carboxylic acids is 1. The van der Waals surface area contributed by atoms with Crippen LogP contribution in [0.25, 0.3) is 0 Å². The Hall–Kier alpha value is -2.04. The van der Waals surface area contributed by atoms with Gasteiger partial charge in [0.25, 0.3) is 0 Å². The van der Waals surface area contributed by atoms with Crippen LogP contribution in [0.1, 0.15) is 32.4 Å². The monoisotopic (exact) mass is 250 g/mol. The first-order chi connectivity index (χ1) is 8.33. The van der Waals surface area contributed by atoms with E-state index < -0.39 is 17.7 Å². The molecule has 0 bridgehead atoms. The molecule has 0 fully saturated rings. The molecule has 0 amide bonds. The number of ether oxygens (including phenoxy) is 1. The Labute approximate surface area is 107 Å². The van der Waals surface area contributed by atoms with E-state index in [1.54, 1.807) is 45.0 Å². The maximum Gasteiger partial charge on any atom is 0.355 e. The molecule has 1 rings (SSSR count). The highest BCUT2D eigenvalue weighted by Crippen LogP contribution is 2.23. The number of rotatable bonds is 4. The topological polar surface area (TPSA) is 73.9 Å². The molecule has 0 spiro atoms. The quantitative estimate of drug-likeness (QED) is 0.385. The molecular formula is C13H18N2O3. The molecule has 0 aliphatic heterocycles. The number of benzene rings is 1. The van der Waals surface area contributed by atoms with Crippen LogP contribution >= 0.6 is 0 Å². The summed E-state index contributed by atoms with van der Waals surface area (Å²) >= 11 is 0. The summed E-state index contributed by atoms with van der Waals surface area (Å²) in [5.41, 5.74) is 6.19. The summed E-state index contributed by atoms with van der Waals surface area (Å²) < 4.78 is 5.25. The third-order valence-electron chi connectivity index (χ3n) is 2.01. The molecule has 0 aromatic heterocycles. The smallest absolute Gasteiger partial charge is 0.355 e. The molecule has 5 nitrogen and oxygen atoms in total. The van der Waals surface area contributed by atoms with E-state index >= 15 is 0 Å². The van der Waals surface area contributed by atoms with Gasteiger partial charge in [0.1, 0.15) is 5.60 Å². The molecular weight excluding hydrogens is 232 g/mol. The van der Waals surface area contributed by atoms with Crippen molar-refractivity contribution < 1.29 is 14.4 Å². The third-order valence-corrected chi connectivity index (χ3v) is 2.01. The second-order valence-corrected chi connectivity index (χ2v) is 4.82. The van der Waals surface area contributed by atoms with Crippen molar-refractivity contribution in [2.45, 2.75) is 32.5 Å². The average Bonchev–Trinajstić information content (AvgIpc) is 2.23. The molecule has 0 aliphatic carbocycles. The van der Waals surface area contributed by atoms with Crippen LogP contribution < -0.4 is 5.73 Å². The van der Waals surface area contributed by atoms with Gasteiger partial charge in [-0.2, -0.15) is 0 Å². The predicted molar refractivity (Wildman–Crippen MR) is 70.1 cm³/mol. The Kier molecular flexibility index (Phi) is 4.31. The van der Waals surface area contributed by atoms with Gasteiger partial charge in [-0.15, -0.1) is 5.16 Å². The number of anilines is 1. The van der Waals surface area contributed by atoms with Crippen molar-refractivity contribution in [3.05, 3.63) is 29.8 Å². The number of hydrogen-bond acceptors (Lipinski definition) is 5. The highest BCUT2D eigenvalue weighted by atomic mass is 16.7. The minimum Gasteiger partial charge on any atom is -0.457 e. The van der Waals surface area contributed by atoms with E-state index in [0.29, 0.717) is 11.3 Å². The molecule has 0 saturated heterocycles. The van der Waals surface area contributed by atoms with Crippen molar-refractivity contribution in [1.82, 2.24) is 0 Å². The van der Waals surface area contributed by atoms with Crippen molar-refractivity contribution in [2.75, 3.05) is 5.73 Å². The first kappa shape index (κ1) is 14.0. The maximum atomic E-state index is 12.0. The first-order valence-corrected chi connectivity index (χ1v) is 5.53. The molecule has 98 valence electrons. The SMILES string of the molecule is C=NOC(C(=O)OC(C)(C)C)c1cccc(N)c1. The zero-order valence-electron chi connectivity index (χ0n) is 10.8. The molecule has 1 aromatic carbocycles. The summed E-state index contributed by atoms with van der Waals surface area (Å²) in [6.07, 6.45) is -0.953. The number of esters is 1. The summed E-state index contributed by atoms with van der Waals surface area (Å²) in [5, 5.41) is 3.30. The Morgan fingerprint density at radius 2 is 2.11 bits per heavy atom. The molecule has 2 N–H and O–H groups in total. The zero-order chi connectivity index (χ0) is 13.8. The summed E-state index contributed by atoms with van der Waals surface area (Å²) in [7, 11) is 0. The normalized spacial score (nSPS) is 12.6. The van der Waals surface area contributed by atoms with Crippen LogP contribution in [0.3, 0.4) is 0 Å². The van der Waals surface area contributed by atoms with E-state index in [1.807, 2.05) is 0 Å². The van der Waals surface area contributed by atoms with Gasteiger partial charge in [-0.05, 0) is 32.9 Å². The lowest BCUT2D eigenvalue weighted by Gasteiger charge is -2.23. The minimum absolute atomic E-state index is 0.527. The highest BCUT2D eigenvalue weighted by molar-refractivity contribution is 5.77. The van der Waals surface area contributed by atoms with Gasteiger partial charge in [-0.3, -0.25) is 0 Å². The van der Waals surface area contributed by atoms with Gasteiger partial charge < -0.3 is 15.3 Å². The van der Waals surface area contributed by atoms with Gasteiger partial charge >= 0.3 is 5.97 Å². The molecule has 18 heavy (non-hydrogen) atoms.